The van der Waals surface area contributed by atoms with E-state index in [0.717, 1.165) is 13.6 Å². The van der Waals surface area contributed by atoms with Crippen molar-refractivity contribution in [1.82, 2.24) is 0 Å². The van der Waals surface area contributed by atoms with Crippen LogP contribution in [0.5, 0.6) is 11.5 Å². The summed E-state index contributed by atoms with van der Waals surface area (Å²) in [4.78, 5) is 29.1. The largest absolute Gasteiger partial charge is 0.493 e. The molecule has 33 heavy (non-hydrogen) atoms. The molecule has 0 unspecified atom stereocenters. The van der Waals surface area contributed by atoms with Gasteiger partial charge in [0.25, 0.3) is 0 Å². The SMILES string of the molecule is COc1cc(/C=C2\N=C(c3ccc(I)c(Br)c3)OC2=O)ccc1OC(=O)c1ccc(C)cc1. The average molecular weight is 618 g/mol. The molecule has 3 aromatic rings. The summed E-state index contributed by atoms with van der Waals surface area (Å²) in [5, 5.41) is 0. The van der Waals surface area contributed by atoms with Crippen LogP contribution in [-0.2, 0) is 9.53 Å². The van der Waals surface area contributed by atoms with Crippen LogP contribution in [0.4, 0.5) is 0 Å². The van der Waals surface area contributed by atoms with E-state index in [4.69, 9.17) is 14.2 Å². The van der Waals surface area contributed by atoms with Gasteiger partial charge in [0, 0.05) is 13.6 Å². The number of cyclic esters (lactones) is 1. The predicted octanol–water partition coefficient (Wildman–Crippen LogP) is 5.93. The van der Waals surface area contributed by atoms with Crippen LogP contribution >= 0.6 is 38.5 Å². The molecule has 1 aliphatic heterocycles. The average Bonchev–Trinajstić information content (AvgIpc) is 3.17. The monoisotopic (exact) mass is 617 g/mol. The summed E-state index contributed by atoms with van der Waals surface area (Å²) < 4.78 is 18.1. The lowest BCUT2D eigenvalue weighted by molar-refractivity contribution is -0.129. The number of esters is 2. The number of nitrogens with zero attached hydrogens (tertiary/aromatic N) is 1. The second kappa shape index (κ2) is 9.88. The van der Waals surface area contributed by atoms with E-state index in [1.165, 1.54) is 7.11 Å². The number of hydrogen-bond acceptors (Lipinski definition) is 6. The lowest BCUT2D eigenvalue weighted by Crippen LogP contribution is -2.09. The molecule has 0 radical (unpaired) electrons. The lowest BCUT2D eigenvalue weighted by Gasteiger charge is -2.10. The van der Waals surface area contributed by atoms with Gasteiger partial charge in [0.2, 0.25) is 5.90 Å². The molecular weight excluding hydrogens is 601 g/mol. The highest BCUT2D eigenvalue weighted by Gasteiger charge is 2.25. The van der Waals surface area contributed by atoms with Gasteiger partial charge in [0.1, 0.15) is 0 Å². The maximum absolute atomic E-state index is 12.4. The van der Waals surface area contributed by atoms with Gasteiger partial charge in [-0.25, -0.2) is 14.6 Å². The van der Waals surface area contributed by atoms with Gasteiger partial charge >= 0.3 is 11.9 Å². The van der Waals surface area contributed by atoms with Gasteiger partial charge in [0.05, 0.1) is 12.7 Å². The minimum absolute atomic E-state index is 0.158. The van der Waals surface area contributed by atoms with Crippen LogP contribution in [0.3, 0.4) is 0 Å². The zero-order valence-electron chi connectivity index (χ0n) is 17.6. The topological polar surface area (TPSA) is 74.2 Å². The Morgan fingerprint density at radius 1 is 1.06 bits per heavy atom. The van der Waals surface area contributed by atoms with Gasteiger partial charge in [-0.15, -0.1) is 0 Å². The van der Waals surface area contributed by atoms with Crippen molar-refractivity contribution in [2.24, 2.45) is 4.99 Å². The summed E-state index contributed by atoms with van der Waals surface area (Å²) in [5.74, 6) is -0.182. The summed E-state index contributed by atoms with van der Waals surface area (Å²) in [6, 6.07) is 17.6. The van der Waals surface area contributed by atoms with Gasteiger partial charge in [-0.05, 0) is 99.5 Å². The van der Waals surface area contributed by atoms with Gasteiger partial charge in [-0.3, -0.25) is 0 Å². The number of benzene rings is 3. The van der Waals surface area contributed by atoms with Crippen molar-refractivity contribution in [2.75, 3.05) is 7.11 Å². The highest BCUT2D eigenvalue weighted by molar-refractivity contribution is 14.1. The third-order valence-electron chi connectivity index (χ3n) is 4.77. The zero-order valence-corrected chi connectivity index (χ0v) is 21.3. The fourth-order valence-electron chi connectivity index (χ4n) is 3.03. The summed E-state index contributed by atoms with van der Waals surface area (Å²) in [6.07, 6.45) is 1.59. The number of carbonyl (C=O) groups is 2. The fraction of sp³-hybridized carbons (Fsp3) is 0.0800. The van der Waals surface area contributed by atoms with Crippen LogP contribution in [0.15, 0.2) is 75.8 Å². The summed E-state index contributed by atoms with van der Waals surface area (Å²) in [5.41, 5.74) is 2.97. The molecule has 0 atom stereocenters. The van der Waals surface area contributed by atoms with Crippen LogP contribution in [0.1, 0.15) is 27.0 Å². The molecule has 0 aliphatic carbocycles. The van der Waals surface area contributed by atoms with E-state index < -0.39 is 11.9 Å². The minimum atomic E-state index is -0.548. The van der Waals surface area contributed by atoms with Crippen LogP contribution in [0.25, 0.3) is 6.08 Å². The Morgan fingerprint density at radius 3 is 2.52 bits per heavy atom. The molecule has 3 aromatic carbocycles. The summed E-state index contributed by atoms with van der Waals surface area (Å²) >= 11 is 5.67. The molecule has 0 fully saturated rings. The van der Waals surface area contributed by atoms with Crippen molar-refractivity contribution < 1.29 is 23.8 Å². The van der Waals surface area contributed by atoms with E-state index in [2.05, 4.69) is 43.5 Å². The molecule has 0 amide bonds. The molecule has 0 saturated carbocycles. The van der Waals surface area contributed by atoms with E-state index in [1.54, 1.807) is 36.4 Å². The number of ether oxygens (including phenoxy) is 3. The molecule has 1 aliphatic rings. The molecular formula is C25H17BrINO5. The number of hydrogen-bond donors (Lipinski definition) is 0. The van der Waals surface area contributed by atoms with Crippen molar-refractivity contribution >= 4 is 62.4 Å². The molecule has 0 N–H and O–H groups in total. The first kappa shape index (κ1) is 23.2. The summed E-state index contributed by atoms with van der Waals surface area (Å²) in [7, 11) is 1.48. The van der Waals surface area contributed by atoms with Crippen LogP contribution in [-0.4, -0.2) is 24.9 Å². The third-order valence-corrected chi connectivity index (χ3v) is 7.11. The first-order valence-electron chi connectivity index (χ1n) is 9.79. The van der Waals surface area contributed by atoms with Gasteiger partial charge < -0.3 is 14.2 Å². The number of methoxy groups -OCH3 is 1. The number of aliphatic imine (C=N–C) groups is 1. The second-order valence-corrected chi connectivity index (χ2v) is 9.15. The lowest BCUT2D eigenvalue weighted by atomic mass is 10.1. The van der Waals surface area contributed by atoms with E-state index >= 15 is 0 Å². The molecule has 6 nitrogen and oxygen atoms in total. The van der Waals surface area contributed by atoms with Crippen LogP contribution < -0.4 is 9.47 Å². The zero-order chi connectivity index (χ0) is 23.5. The second-order valence-electron chi connectivity index (χ2n) is 7.13. The van der Waals surface area contributed by atoms with Gasteiger partial charge in [-0.2, -0.15) is 0 Å². The number of rotatable bonds is 5. The molecule has 0 saturated heterocycles. The Labute approximate surface area is 212 Å². The molecule has 166 valence electrons. The highest BCUT2D eigenvalue weighted by atomic mass is 127. The minimum Gasteiger partial charge on any atom is -0.493 e. The molecule has 4 rings (SSSR count). The van der Waals surface area contributed by atoms with Crippen LogP contribution in [0.2, 0.25) is 0 Å². The van der Waals surface area contributed by atoms with Crippen molar-refractivity contribution in [2.45, 2.75) is 6.92 Å². The molecule has 1 heterocycles. The van der Waals surface area contributed by atoms with E-state index in [9.17, 15) is 9.59 Å². The van der Waals surface area contributed by atoms with E-state index in [1.807, 2.05) is 37.3 Å². The first-order chi connectivity index (χ1) is 15.8. The quantitative estimate of drug-likeness (QED) is 0.153. The highest BCUT2D eigenvalue weighted by Crippen LogP contribution is 2.31. The maximum Gasteiger partial charge on any atom is 0.363 e. The Hall–Kier alpha value is -2.98. The van der Waals surface area contributed by atoms with Gasteiger partial charge in [-0.1, -0.05) is 23.8 Å². The third kappa shape index (κ3) is 5.33. The smallest absolute Gasteiger partial charge is 0.363 e. The normalized spacial score (nSPS) is 14.1. The molecule has 0 aromatic heterocycles. The standard InChI is InChI=1S/C25H17BrINO5/c1-14-3-6-16(7-4-14)24(29)32-21-10-5-15(12-22(21)31-2)11-20-25(30)33-23(28-20)17-8-9-19(27)18(26)13-17/h3-13H,1-2H3/b20-11-. The maximum atomic E-state index is 12.4. The molecule has 0 spiro atoms. The van der Waals surface area contributed by atoms with Crippen molar-refractivity contribution in [1.29, 1.82) is 0 Å². The predicted molar refractivity (Wildman–Crippen MR) is 137 cm³/mol. The molecule has 8 heteroatoms. The first-order valence-corrected chi connectivity index (χ1v) is 11.7. The van der Waals surface area contributed by atoms with Crippen LogP contribution in [0, 0.1) is 10.5 Å². The van der Waals surface area contributed by atoms with E-state index in [0.29, 0.717) is 22.4 Å². The Kier molecular flexibility index (Phi) is 6.94. The Morgan fingerprint density at radius 2 is 1.82 bits per heavy atom. The van der Waals surface area contributed by atoms with Crippen molar-refractivity contribution in [3.05, 3.63) is 96.7 Å². The Bertz CT molecular complexity index is 1310. The van der Waals surface area contributed by atoms with Crippen molar-refractivity contribution in [3.8, 4) is 11.5 Å². The molecule has 0 bridgehead atoms. The summed E-state index contributed by atoms with van der Waals surface area (Å²) in [6.45, 7) is 1.94. The van der Waals surface area contributed by atoms with Crippen molar-refractivity contribution in [3.63, 3.8) is 0 Å². The number of carbonyl (C=O) groups excluding carboxylic acids is 2. The van der Waals surface area contributed by atoms with E-state index in [-0.39, 0.29) is 17.3 Å². The fourth-order valence-corrected chi connectivity index (χ4v) is 3.74. The number of halogens is 2. The number of aryl methyl sites for hydroxylation is 1. The Balaban J connectivity index is 1.57. The van der Waals surface area contributed by atoms with Gasteiger partial charge in [0.15, 0.2) is 17.2 Å².